The van der Waals surface area contributed by atoms with Crippen molar-refractivity contribution in [3.8, 4) is 5.75 Å². The van der Waals surface area contributed by atoms with E-state index in [0.717, 1.165) is 29.7 Å². The summed E-state index contributed by atoms with van der Waals surface area (Å²) in [5, 5.41) is 9.32. The monoisotopic (exact) mass is 512 g/mol. The number of fused-ring (bicyclic) bond motifs is 1. The predicted octanol–water partition coefficient (Wildman–Crippen LogP) is 6.25. The van der Waals surface area contributed by atoms with Crippen molar-refractivity contribution in [1.82, 2.24) is 14.8 Å². The maximum Gasteiger partial charge on any atom is 0.338 e. The van der Waals surface area contributed by atoms with Crippen LogP contribution in [-0.4, -0.2) is 33.1 Å². The summed E-state index contributed by atoms with van der Waals surface area (Å²) in [6.45, 7) is 6.37. The number of thioether (sulfide) groups is 1. The summed E-state index contributed by atoms with van der Waals surface area (Å²) in [4.78, 5) is 17.8. The largest absolute Gasteiger partial charge is 0.488 e. The number of carbonyl (C=O) groups excluding carboxylic acids is 1. The molecular formula is C26H29ClN4O3S. The van der Waals surface area contributed by atoms with E-state index in [9.17, 15) is 4.79 Å². The van der Waals surface area contributed by atoms with Crippen LogP contribution >= 0.6 is 23.4 Å². The number of allylic oxidation sites excluding steroid dienone is 1. The molecule has 0 saturated carbocycles. The predicted molar refractivity (Wildman–Crippen MR) is 139 cm³/mol. The number of unbranched alkanes of at least 4 members (excludes halogenated alkanes) is 1. The second-order valence-electron chi connectivity index (χ2n) is 8.07. The molecule has 1 aliphatic rings. The Morgan fingerprint density at radius 1 is 1.17 bits per heavy atom. The Bertz CT molecular complexity index is 1230. The molecule has 0 radical (unpaired) electrons. The van der Waals surface area contributed by atoms with Gasteiger partial charge in [0.25, 0.3) is 0 Å². The van der Waals surface area contributed by atoms with Crippen molar-refractivity contribution in [2.24, 2.45) is 0 Å². The van der Waals surface area contributed by atoms with Crippen LogP contribution in [0.5, 0.6) is 5.75 Å². The molecule has 7 nitrogen and oxygen atoms in total. The average Bonchev–Trinajstić information content (AvgIpc) is 3.25. The van der Waals surface area contributed by atoms with Gasteiger partial charge in [-0.05, 0) is 32.4 Å². The molecule has 1 unspecified atom stereocenters. The maximum absolute atomic E-state index is 13.1. The first-order chi connectivity index (χ1) is 17.0. The minimum atomic E-state index is -0.555. The molecule has 0 fully saturated rings. The van der Waals surface area contributed by atoms with Crippen molar-refractivity contribution in [1.29, 1.82) is 0 Å². The molecule has 1 aromatic heterocycles. The molecule has 4 rings (SSSR count). The van der Waals surface area contributed by atoms with Gasteiger partial charge < -0.3 is 14.8 Å². The van der Waals surface area contributed by atoms with Crippen LogP contribution in [-0.2, 0) is 16.1 Å². The Balaban J connectivity index is 1.74. The highest BCUT2D eigenvalue weighted by molar-refractivity contribution is 7.99. The van der Waals surface area contributed by atoms with Gasteiger partial charge in [-0.3, -0.25) is 0 Å². The van der Waals surface area contributed by atoms with Gasteiger partial charge in [-0.25, -0.2) is 9.48 Å². The third-order valence-electron chi connectivity index (χ3n) is 5.61. The molecule has 3 aromatic rings. The van der Waals surface area contributed by atoms with Crippen LogP contribution < -0.4 is 10.1 Å². The van der Waals surface area contributed by atoms with Crippen LogP contribution in [0, 0.1) is 0 Å². The number of hydrogen-bond acceptors (Lipinski definition) is 7. The molecule has 0 bridgehead atoms. The Morgan fingerprint density at radius 2 is 1.94 bits per heavy atom. The lowest BCUT2D eigenvalue weighted by molar-refractivity contribution is -0.139. The number of aromatic nitrogens is 3. The summed E-state index contributed by atoms with van der Waals surface area (Å²) in [6, 6.07) is 14.7. The van der Waals surface area contributed by atoms with Crippen molar-refractivity contribution in [2.75, 3.05) is 17.7 Å². The molecule has 1 N–H and O–H groups in total. The Hall–Kier alpha value is -2.97. The van der Waals surface area contributed by atoms with Crippen molar-refractivity contribution in [3.63, 3.8) is 0 Å². The summed E-state index contributed by atoms with van der Waals surface area (Å²) >= 11 is 7.94. The normalized spacial score (nSPS) is 14.9. The number of ether oxygens (including phenoxy) is 2. The zero-order chi connectivity index (χ0) is 24.8. The van der Waals surface area contributed by atoms with Crippen LogP contribution in [0.15, 0.2) is 65.0 Å². The van der Waals surface area contributed by atoms with Gasteiger partial charge in [0.2, 0.25) is 11.1 Å². The highest BCUT2D eigenvalue weighted by Gasteiger charge is 2.36. The van der Waals surface area contributed by atoms with Crippen LogP contribution in [0.3, 0.4) is 0 Å². The Morgan fingerprint density at radius 3 is 2.71 bits per heavy atom. The third-order valence-corrected chi connectivity index (χ3v) is 6.90. The molecule has 1 atom stereocenters. The van der Waals surface area contributed by atoms with E-state index in [1.807, 2.05) is 55.5 Å². The van der Waals surface area contributed by atoms with Gasteiger partial charge in [-0.15, -0.1) is 5.10 Å². The number of nitrogens with zero attached hydrogens (tertiary/aromatic N) is 3. The molecule has 2 heterocycles. The number of carbonyl (C=O) groups is 1. The maximum atomic E-state index is 13.1. The van der Waals surface area contributed by atoms with E-state index >= 15 is 0 Å². The van der Waals surface area contributed by atoms with E-state index in [-0.39, 0.29) is 6.61 Å². The molecule has 35 heavy (non-hydrogen) atoms. The third kappa shape index (κ3) is 5.65. The molecule has 1 aliphatic heterocycles. The summed E-state index contributed by atoms with van der Waals surface area (Å²) in [7, 11) is 0. The van der Waals surface area contributed by atoms with Crippen LogP contribution in [0.25, 0.3) is 0 Å². The van der Waals surface area contributed by atoms with Gasteiger partial charge >= 0.3 is 5.97 Å². The second kappa shape index (κ2) is 11.6. The Kier molecular flexibility index (Phi) is 8.36. The fourth-order valence-corrected chi connectivity index (χ4v) is 4.97. The molecule has 0 aliphatic carbocycles. The average molecular weight is 513 g/mol. The summed E-state index contributed by atoms with van der Waals surface area (Å²) in [6.07, 6.45) is 2.18. The zero-order valence-corrected chi connectivity index (χ0v) is 21.7. The highest BCUT2D eigenvalue weighted by atomic mass is 35.5. The van der Waals surface area contributed by atoms with Gasteiger partial charge in [0.05, 0.1) is 12.2 Å². The standard InChI is InChI=1S/C26H29ClN4O3S/c1-4-6-15-35-26-29-25-28-17(3)22(24(32)33-5-2)23(31(25)30-26)19-12-8-10-14-21(19)34-16-18-11-7-9-13-20(18)27/h7-14,23H,4-6,15-16H2,1-3H3,(H,28,29,30). The summed E-state index contributed by atoms with van der Waals surface area (Å²) < 4.78 is 13.4. The SMILES string of the molecule is CCCCSc1nc2n(n1)C(c1ccccc1OCc1ccccc1Cl)C(C(=O)OCC)=C(C)N2. The smallest absolute Gasteiger partial charge is 0.338 e. The number of rotatable bonds is 10. The zero-order valence-electron chi connectivity index (χ0n) is 20.1. The van der Waals surface area contributed by atoms with E-state index in [1.54, 1.807) is 23.4 Å². The highest BCUT2D eigenvalue weighted by Crippen LogP contribution is 2.40. The fourth-order valence-electron chi connectivity index (χ4n) is 3.87. The van der Waals surface area contributed by atoms with Crippen LogP contribution in [0.4, 0.5) is 5.95 Å². The molecule has 2 aromatic carbocycles. The number of nitrogens with one attached hydrogen (secondary N) is 1. The van der Waals surface area contributed by atoms with Crippen LogP contribution in [0.2, 0.25) is 5.02 Å². The second-order valence-corrected chi connectivity index (χ2v) is 9.54. The lowest BCUT2D eigenvalue weighted by atomic mass is 9.95. The first-order valence-corrected chi connectivity index (χ1v) is 13.1. The lowest BCUT2D eigenvalue weighted by Gasteiger charge is -2.29. The van der Waals surface area contributed by atoms with E-state index in [0.29, 0.717) is 39.8 Å². The number of hydrogen-bond donors (Lipinski definition) is 1. The molecule has 184 valence electrons. The quantitative estimate of drug-likeness (QED) is 0.195. The number of halogens is 1. The topological polar surface area (TPSA) is 78.3 Å². The van der Waals surface area contributed by atoms with Crippen molar-refractivity contribution in [3.05, 3.63) is 76.0 Å². The van der Waals surface area contributed by atoms with Crippen molar-refractivity contribution < 1.29 is 14.3 Å². The van der Waals surface area contributed by atoms with E-state index in [1.165, 1.54) is 0 Å². The van der Waals surface area contributed by atoms with E-state index < -0.39 is 12.0 Å². The first kappa shape index (κ1) is 25.1. The van der Waals surface area contributed by atoms with Gasteiger partial charge in [0, 0.05) is 27.6 Å². The number of benzene rings is 2. The Labute approximate surface area is 214 Å². The first-order valence-electron chi connectivity index (χ1n) is 11.7. The molecular weight excluding hydrogens is 484 g/mol. The van der Waals surface area contributed by atoms with E-state index in [4.69, 9.17) is 26.2 Å². The van der Waals surface area contributed by atoms with Gasteiger partial charge in [0.15, 0.2) is 0 Å². The molecule has 0 spiro atoms. The number of anilines is 1. The molecule has 0 amide bonds. The van der Waals surface area contributed by atoms with Gasteiger partial charge in [-0.2, -0.15) is 4.98 Å². The minimum Gasteiger partial charge on any atom is -0.488 e. The fraction of sp³-hybridized carbons (Fsp3) is 0.346. The summed E-state index contributed by atoms with van der Waals surface area (Å²) in [5.74, 6) is 1.75. The number of esters is 1. The number of para-hydroxylation sites is 1. The van der Waals surface area contributed by atoms with Crippen molar-refractivity contribution in [2.45, 2.75) is 51.4 Å². The van der Waals surface area contributed by atoms with Crippen molar-refractivity contribution >= 4 is 35.3 Å². The summed E-state index contributed by atoms with van der Waals surface area (Å²) in [5.41, 5.74) is 2.82. The minimum absolute atomic E-state index is 0.273. The van der Waals surface area contributed by atoms with Gasteiger partial charge in [0.1, 0.15) is 18.4 Å². The van der Waals surface area contributed by atoms with Gasteiger partial charge in [-0.1, -0.05) is 73.1 Å². The molecule has 9 heteroatoms. The van der Waals surface area contributed by atoms with E-state index in [2.05, 4.69) is 17.2 Å². The lowest BCUT2D eigenvalue weighted by Crippen LogP contribution is -2.30. The molecule has 0 saturated heterocycles. The van der Waals surface area contributed by atoms with Crippen LogP contribution in [0.1, 0.15) is 50.8 Å².